The Morgan fingerprint density at radius 3 is 2.27 bits per heavy atom. The Balaban J connectivity index is 2.10. The maximum absolute atomic E-state index is 12.3. The van der Waals surface area contributed by atoms with E-state index >= 15 is 0 Å². The Morgan fingerprint density at radius 2 is 1.68 bits per heavy atom. The molecule has 0 amide bonds. The lowest BCUT2D eigenvalue weighted by molar-refractivity contribution is -0.131. The SMILES string of the molecule is CCSC(=O)[C@H](OCc1ccccc1)[C@H](O)c1ccccc1. The minimum absolute atomic E-state index is 0.144. The van der Waals surface area contributed by atoms with E-state index in [2.05, 4.69) is 0 Å². The molecule has 2 atom stereocenters. The molecule has 0 aliphatic rings. The zero-order valence-corrected chi connectivity index (χ0v) is 13.3. The van der Waals surface area contributed by atoms with E-state index in [1.54, 1.807) is 12.1 Å². The summed E-state index contributed by atoms with van der Waals surface area (Å²) in [6.07, 6.45) is -1.83. The Bertz CT molecular complexity index is 571. The van der Waals surface area contributed by atoms with Crippen LogP contribution in [0.1, 0.15) is 24.2 Å². The van der Waals surface area contributed by atoms with E-state index in [-0.39, 0.29) is 5.12 Å². The topological polar surface area (TPSA) is 46.5 Å². The first-order valence-electron chi connectivity index (χ1n) is 7.27. The number of thioether (sulfide) groups is 1. The van der Waals surface area contributed by atoms with E-state index in [1.165, 1.54) is 11.8 Å². The van der Waals surface area contributed by atoms with Crippen LogP contribution < -0.4 is 0 Å². The summed E-state index contributed by atoms with van der Waals surface area (Å²) in [6.45, 7) is 2.21. The molecule has 22 heavy (non-hydrogen) atoms. The number of carbonyl (C=O) groups is 1. The van der Waals surface area contributed by atoms with E-state index < -0.39 is 12.2 Å². The van der Waals surface area contributed by atoms with Crippen molar-refractivity contribution in [3.05, 3.63) is 71.8 Å². The monoisotopic (exact) mass is 316 g/mol. The smallest absolute Gasteiger partial charge is 0.220 e. The molecule has 0 bridgehead atoms. The van der Waals surface area contributed by atoms with Gasteiger partial charge in [0.25, 0.3) is 0 Å². The van der Waals surface area contributed by atoms with Crippen LogP contribution >= 0.6 is 11.8 Å². The van der Waals surface area contributed by atoms with Crippen LogP contribution in [0, 0.1) is 0 Å². The first-order valence-corrected chi connectivity index (χ1v) is 8.26. The summed E-state index contributed by atoms with van der Waals surface area (Å²) in [7, 11) is 0. The van der Waals surface area contributed by atoms with Gasteiger partial charge in [0.1, 0.15) is 6.10 Å². The third-order valence-electron chi connectivity index (χ3n) is 3.22. The summed E-state index contributed by atoms with van der Waals surface area (Å²) in [5.41, 5.74) is 1.66. The van der Waals surface area contributed by atoms with Crippen molar-refractivity contribution in [2.45, 2.75) is 25.7 Å². The van der Waals surface area contributed by atoms with E-state index in [9.17, 15) is 9.90 Å². The zero-order chi connectivity index (χ0) is 15.8. The van der Waals surface area contributed by atoms with E-state index in [0.717, 1.165) is 5.56 Å². The maximum Gasteiger partial charge on any atom is 0.220 e. The number of hydrogen-bond acceptors (Lipinski definition) is 4. The van der Waals surface area contributed by atoms with Crippen molar-refractivity contribution in [1.82, 2.24) is 0 Å². The van der Waals surface area contributed by atoms with Crippen molar-refractivity contribution >= 4 is 16.9 Å². The Labute approximate surface area is 135 Å². The van der Waals surface area contributed by atoms with E-state index in [0.29, 0.717) is 17.9 Å². The number of aliphatic hydroxyl groups is 1. The van der Waals surface area contributed by atoms with Crippen LogP contribution in [-0.4, -0.2) is 22.1 Å². The first-order chi connectivity index (χ1) is 10.7. The largest absolute Gasteiger partial charge is 0.385 e. The molecule has 2 aromatic carbocycles. The summed E-state index contributed by atoms with van der Waals surface area (Å²) in [5.74, 6) is 0.658. The summed E-state index contributed by atoms with van der Waals surface area (Å²) in [6, 6.07) is 18.8. The van der Waals surface area contributed by atoms with E-state index in [1.807, 2.05) is 55.5 Å². The second-order valence-corrected chi connectivity index (χ2v) is 6.09. The first kappa shape index (κ1) is 16.7. The molecule has 4 heteroatoms. The molecule has 2 rings (SSSR count). The second kappa shape index (κ2) is 8.73. The lowest BCUT2D eigenvalue weighted by atomic mass is 10.1. The molecule has 0 aliphatic heterocycles. The summed E-state index contributed by atoms with van der Waals surface area (Å²) >= 11 is 1.17. The van der Waals surface area contributed by atoms with Crippen molar-refractivity contribution in [2.24, 2.45) is 0 Å². The molecule has 0 aliphatic carbocycles. The number of aliphatic hydroxyl groups excluding tert-OH is 1. The van der Waals surface area contributed by atoms with Gasteiger partial charge in [-0.25, -0.2) is 0 Å². The van der Waals surface area contributed by atoms with Crippen molar-refractivity contribution in [3.8, 4) is 0 Å². The van der Waals surface area contributed by atoms with Crippen LogP contribution in [0.15, 0.2) is 60.7 Å². The molecule has 0 fully saturated rings. The van der Waals surface area contributed by atoms with Gasteiger partial charge in [0.15, 0.2) is 6.10 Å². The lowest BCUT2D eigenvalue weighted by Crippen LogP contribution is -2.29. The minimum atomic E-state index is -0.962. The normalized spacial score (nSPS) is 13.5. The fraction of sp³-hybridized carbons (Fsp3) is 0.278. The van der Waals surface area contributed by atoms with Gasteiger partial charge in [-0.2, -0.15) is 0 Å². The van der Waals surface area contributed by atoms with Gasteiger partial charge in [-0.1, -0.05) is 79.3 Å². The third kappa shape index (κ3) is 4.70. The molecule has 0 heterocycles. The van der Waals surface area contributed by atoms with Crippen LogP contribution in [0.25, 0.3) is 0 Å². The van der Waals surface area contributed by atoms with Gasteiger partial charge >= 0.3 is 0 Å². The van der Waals surface area contributed by atoms with Crippen LogP contribution in [-0.2, 0) is 16.1 Å². The molecule has 0 saturated heterocycles. The highest BCUT2D eigenvalue weighted by atomic mass is 32.2. The number of hydrogen-bond donors (Lipinski definition) is 1. The molecule has 2 aromatic rings. The Hall–Kier alpha value is -1.62. The predicted octanol–water partition coefficient (Wildman–Crippen LogP) is 3.59. The highest BCUT2D eigenvalue weighted by Crippen LogP contribution is 2.24. The van der Waals surface area contributed by atoms with Gasteiger partial charge in [0.05, 0.1) is 6.61 Å². The van der Waals surface area contributed by atoms with Gasteiger partial charge < -0.3 is 9.84 Å². The molecule has 0 radical (unpaired) electrons. The lowest BCUT2D eigenvalue weighted by Gasteiger charge is -2.22. The highest BCUT2D eigenvalue weighted by molar-refractivity contribution is 8.13. The summed E-state index contributed by atoms with van der Waals surface area (Å²) < 4.78 is 5.74. The van der Waals surface area contributed by atoms with Gasteiger partial charge in [0.2, 0.25) is 5.12 Å². The number of carbonyl (C=O) groups excluding carboxylic acids is 1. The van der Waals surface area contributed by atoms with Gasteiger partial charge in [-0.15, -0.1) is 0 Å². The van der Waals surface area contributed by atoms with Crippen LogP contribution in [0.5, 0.6) is 0 Å². The average Bonchev–Trinajstić information content (AvgIpc) is 2.57. The van der Waals surface area contributed by atoms with Crippen LogP contribution in [0.4, 0.5) is 0 Å². The molecule has 3 nitrogen and oxygen atoms in total. The molecule has 116 valence electrons. The molecule has 0 unspecified atom stereocenters. The zero-order valence-electron chi connectivity index (χ0n) is 12.5. The average molecular weight is 316 g/mol. The number of rotatable bonds is 7. The fourth-order valence-electron chi connectivity index (χ4n) is 2.10. The van der Waals surface area contributed by atoms with Gasteiger partial charge in [-0.05, 0) is 16.9 Å². The van der Waals surface area contributed by atoms with Crippen molar-refractivity contribution in [2.75, 3.05) is 5.75 Å². The maximum atomic E-state index is 12.3. The predicted molar refractivity (Wildman–Crippen MR) is 89.6 cm³/mol. The quantitative estimate of drug-likeness (QED) is 0.848. The summed E-state index contributed by atoms with van der Waals surface area (Å²) in [4.78, 5) is 12.3. The van der Waals surface area contributed by atoms with Crippen LogP contribution in [0.3, 0.4) is 0 Å². The molecule has 0 spiro atoms. The molecule has 1 N–H and O–H groups in total. The number of benzene rings is 2. The highest BCUT2D eigenvalue weighted by Gasteiger charge is 2.28. The number of ether oxygens (including phenoxy) is 1. The summed E-state index contributed by atoms with van der Waals surface area (Å²) in [5, 5.41) is 10.4. The molecular weight excluding hydrogens is 296 g/mol. The second-order valence-electron chi connectivity index (χ2n) is 4.82. The van der Waals surface area contributed by atoms with Crippen molar-refractivity contribution < 1.29 is 14.6 Å². The third-order valence-corrected chi connectivity index (χ3v) is 4.02. The van der Waals surface area contributed by atoms with Crippen molar-refractivity contribution in [3.63, 3.8) is 0 Å². The van der Waals surface area contributed by atoms with Crippen LogP contribution in [0.2, 0.25) is 0 Å². The van der Waals surface area contributed by atoms with Gasteiger partial charge in [0, 0.05) is 0 Å². The molecule has 0 saturated carbocycles. The minimum Gasteiger partial charge on any atom is -0.385 e. The Kier molecular flexibility index (Phi) is 6.65. The molecule has 0 aromatic heterocycles. The standard InChI is InChI=1S/C18H20O3S/c1-2-22-18(20)17(16(19)15-11-7-4-8-12-15)21-13-14-9-5-3-6-10-14/h3-12,16-17,19H,2,13H2,1H3/t16-,17-/m1/s1. The Morgan fingerprint density at radius 1 is 1.09 bits per heavy atom. The van der Waals surface area contributed by atoms with Gasteiger partial charge in [-0.3, -0.25) is 4.79 Å². The fourth-order valence-corrected chi connectivity index (χ4v) is 2.74. The van der Waals surface area contributed by atoms with Crippen molar-refractivity contribution in [1.29, 1.82) is 0 Å². The molecular formula is C18H20O3S. The van der Waals surface area contributed by atoms with E-state index in [4.69, 9.17) is 4.74 Å².